The van der Waals surface area contributed by atoms with E-state index in [4.69, 9.17) is 4.52 Å². The van der Waals surface area contributed by atoms with Gasteiger partial charge >= 0.3 is 0 Å². The number of thiazole rings is 1. The molecule has 0 atom stereocenters. The number of carbonyl (C=O) groups excluding carboxylic acids is 1. The highest BCUT2D eigenvalue weighted by molar-refractivity contribution is 7.89. The van der Waals surface area contributed by atoms with E-state index in [1.54, 1.807) is 30.6 Å². The van der Waals surface area contributed by atoms with Crippen molar-refractivity contribution < 1.29 is 17.7 Å². The number of anilines is 1. The van der Waals surface area contributed by atoms with Crippen LogP contribution in [0.1, 0.15) is 43.1 Å². The molecule has 9 nitrogen and oxygen atoms in total. The van der Waals surface area contributed by atoms with Crippen LogP contribution in [0.3, 0.4) is 0 Å². The normalized spacial score (nSPS) is 18.0. The number of hydrogen-bond donors (Lipinski definition) is 1. The van der Waals surface area contributed by atoms with Crippen LogP contribution in [0.4, 0.5) is 5.13 Å². The fraction of sp³-hybridized carbons (Fsp3) is 0.429. The molecule has 11 heteroatoms. The van der Waals surface area contributed by atoms with Crippen LogP contribution in [0.15, 0.2) is 39.2 Å². The topological polar surface area (TPSA) is 118 Å². The molecular weight excluding hydrogens is 450 g/mol. The molecule has 5 rings (SSSR count). The van der Waals surface area contributed by atoms with Crippen molar-refractivity contribution in [2.75, 3.05) is 18.4 Å². The fourth-order valence-corrected chi connectivity index (χ4v) is 6.11. The fourth-order valence-electron chi connectivity index (χ4n) is 3.86. The lowest BCUT2D eigenvalue weighted by atomic mass is 9.97. The van der Waals surface area contributed by atoms with Crippen LogP contribution < -0.4 is 5.32 Å². The Morgan fingerprint density at radius 2 is 2.00 bits per heavy atom. The van der Waals surface area contributed by atoms with Gasteiger partial charge in [0, 0.05) is 42.1 Å². The molecule has 2 aromatic heterocycles. The van der Waals surface area contributed by atoms with Crippen molar-refractivity contribution in [3.05, 3.63) is 41.2 Å². The van der Waals surface area contributed by atoms with E-state index in [1.165, 1.54) is 15.6 Å². The van der Waals surface area contributed by atoms with Crippen LogP contribution in [0.2, 0.25) is 0 Å². The molecule has 32 heavy (non-hydrogen) atoms. The number of nitrogens with one attached hydrogen (secondary N) is 1. The number of hydrogen-bond acceptors (Lipinski definition) is 8. The molecule has 1 saturated carbocycles. The van der Waals surface area contributed by atoms with Crippen LogP contribution in [-0.4, -0.2) is 46.8 Å². The zero-order valence-corrected chi connectivity index (χ0v) is 19.2. The van der Waals surface area contributed by atoms with E-state index in [-0.39, 0.29) is 29.8 Å². The maximum absolute atomic E-state index is 13.4. The number of carbonyl (C=O) groups is 1. The molecule has 3 aromatic rings. The molecule has 0 radical (unpaired) electrons. The first-order valence-corrected chi connectivity index (χ1v) is 12.9. The predicted octanol–water partition coefficient (Wildman–Crippen LogP) is 3.42. The summed E-state index contributed by atoms with van der Waals surface area (Å²) in [6, 6.07) is 5.20. The average molecular weight is 474 g/mol. The minimum Gasteiger partial charge on any atom is -0.339 e. The summed E-state index contributed by atoms with van der Waals surface area (Å²) >= 11 is 1.36. The maximum Gasteiger partial charge on any atom is 0.243 e. The van der Waals surface area contributed by atoms with Crippen LogP contribution >= 0.6 is 11.3 Å². The highest BCUT2D eigenvalue weighted by atomic mass is 32.2. The summed E-state index contributed by atoms with van der Waals surface area (Å²) in [5.74, 6) is 1.000. The molecule has 0 unspecified atom stereocenters. The lowest BCUT2D eigenvalue weighted by molar-refractivity contribution is -0.120. The van der Waals surface area contributed by atoms with Gasteiger partial charge < -0.3 is 9.84 Å². The molecule has 0 bridgehead atoms. The highest BCUT2D eigenvalue weighted by Crippen LogP contribution is 2.39. The van der Waals surface area contributed by atoms with Crippen molar-refractivity contribution in [1.29, 1.82) is 0 Å². The van der Waals surface area contributed by atoms with Crippen LogP contribution in [0, 0.1) is 12.8 Å². The molecule has 1 amide bonds. The first-order chi connectivity index (χ1) is 15.4. The average Bonchev–Trinajstić information content (AvgIpc) is 3.29. The van der Waals surface area contributed by atoms with Crippen molar-refractivity contribution in [1.82, 2.24) is 19.4 Å². The molecule has 1 saturated heterocycles. The maximum atomic E-state index is 13.4. The van der Waals surface area contributed by atoms with E-state index in [0.717, 1.165) is 12.8 Å². The number of aryl methyl sites for hydroxylation is 1. The highest BCUT2D eigenvalue weighted by Gasteiger charge is 2.34. The molecule has 1 aliphatic heterocycles. The van der Waals surface area contributed by atoms with E-state index < -0.39 is 10.0 Å². The van der Waals surface area contributed by atoms with Gasteiger partial charge in [0.15, 0.2) is 5.13 Å². The largest absolute Gasteiger partial charge is 0.339 e. The van der Waals surface area contributed by atoms with Gasteiger partial charge in [-0.1, -0.05) is 17.3 Å². The minimum absolute atomic E-state index is 0.112. The van der Waals surface area contributed by atoms with Crippen LogP contribution in [-0.2, 0) is 14.8 Å². The lowest BCUT2D eigenvalue weighted by Gasteiger charge is -2.30. The van der Waals surface area contributed by atoms with E-state index in [2.05, 4.69) is 20.4 Å². The standard InChI is InChI=1S/C21H23N5O4S2/c1-13-2-3-16(18-23-20(30-25-18)15-4-5-15)12-17(13)32(28,29)26-9-6-14(7-10-26)19(27)24-21-22-8-11-31-21/h2-3,8,11-12,14-15H,4-7,9-10H2,1H3,(H,22,24,27). The zero-order chi connectivity index (χ0) is 22.3. The summed E-state index contributed by atoms with van der Waals surface area (Å²) in [5, 5.41) is 9.19. The van der Waals surface area contributed by atoms with Crippen molar-refractivity contribution in [2.45, 2.75) is 43.4 Å². The van der Waals surface area contributed by atoms with E-state index >= 15 is 0 Å². The van der Waals surface area contributed by atoms with Gasteiger partial charge in [-0.05, 0) is 44.2 Å². The Balaban J connectivity index is 1.30. The van der Waals surface area contributed by atoms with E-state index in [1.807, 2.05) is 6.07 Å². The zero-order valence-electron chi connectivity index (χ0n) is 17.5. The molecule has 2 fully saturated rings. The van der Waals surface area contributed by atoms with Crippen molar-refractivity contribution >= 4 is 32.4 Å². The molecule has 3 heterocycles. The Kier molecular flexibility index (Phi) is 5.56. The third-order valence-electron chi connectivity index (χ3n) is 5.92. The van der Waals surface area contributed by atoms with Gasteiger partial charge in [-0.2, -0.15) is 9.29 Å². The summed E-state index contributed by atoms with van der Waals surface area (Å²) in [5.41, 5.74) is 1.27. The quantitative estimate of drug-likeness (QED) is 0.583. The molecule has 0 spiro atoms. The summed E-state index contributed by atoms with van der Waals surface area (Å²) < 4.78 is 33.6. The second kappa shape index (κ2) is 8.38. The van der Waals surface area contributed by atoms with Gasteiger partial charge in [0.05, 0.1) is 4.90 Å². The molecular formula is C21H23N5O4S2. The second-order valence-electron chi connectivity index (χ2n) is 8.22. The van der Waals surface area contributed by atoms with Gasteiger partial charge in [-0.25, -0.2) is 13.4 Å². The summed E-state index contributed by atoms with van der Waals surface area (Å²) in [6.45, 7) is 2.35. The smallest absolute Gasteiger partial charge is 0.243 e. The Morgan fingerprint density at radius 1 is 1.22 bits per heavy atom. The monoisotopic (exact) mass is 473 g/mol. The van der Waals surface area contributed by atoms with Gasteiger partial charge in [0.25, 0.3) is 0 Å². The minimum atomic E-state index is -3.71. The number of rotatable bonds is 6. The molecule has 1 N–H and O–H groups in total. The SMILES string of the molecule is Cc1ccc(-c2noc(C3CC3)n2)cc1S(=O)(=O)N1CCC(C(=O)Nc2nccs2)CC1. The number of aromatic nitrogens is 3. The van der Waals surface area contributed by atoms with Gasteiger partial charge in [0.1, 0.15) is 0 Å². The Hall–Kier alpha value is -2.63. The van der Waals surface area contributed by atoms with Gasteiger partial charge in [0.2, 0.25) is 27.6 Å². The van der Waals surface area contributed by atoms with E-state index in [0.29, 0.717) is 46.7 Å². The third kappa shape index (κ3) is 4.19. The Bertz CT molecular complexity index is 1230. The Labute approximate surface area is 189 Å². The Morgan fingerprint density at radius 3 is 2.69 bits per heavy atom. The third-order valence-corrected chi connectivity index (χ3v) is 8.65. The molecule has 1 aromatic carbocycles. The lowest BCUT2D eigenvalue weighted by Crippen LogP contribution is -2.41. The number of nitrogens with zero attached hydrogens (tertiary/aromatic N) is 4. The predicted molar refractivity (Wildman–Crippen MR) is 119 cm³/mol. The van der Waals surface area contributed by atoms with Crippen molar-refractivity contribution in [3.63, 3.8) is 0 Å². The van der Waals surface area contributed by atoms with Crippen molar-refractivity contribution in [2.24, 2.45) is 5.92 Å². The van der Waals surface area contributed by atoms with Gasteiger partial charge in [-0.15, -0.1) is 11.3 Å². The number of sulfonamides is 1. The van der Waals surface area contributed by atoms with Crippen LogP contribution in [0.25, 0.3) is 11.4 Å². The first-order valence-electron chi connectivity index (χ1n) is 10.6. The number of piperidine rings is 1. The second-order valence-corrected chi connectivity index (χ2v) is 11.0. The summed E-state index contributed by atoms with van der Waals surface area (Å²) in [6.07, 6.45) is 4.66. The molecule has 1 aliphatic carbocycles. The van der Waals surface area contributed by atoms with Gasteiger partial charge in [-0.3, -0.25) is 4.79 Å². The first kappa shape index (κ1) is 21.2. The molecule has 168 valence electrons. The summed E-state index contributed by atoms with van der Waals surface area (Å²) in [7, 11) is -3.71. The number of benzene rings is 1. The van der Waals surface area contributed by atoms with Crippen molar-refractivity contribution in [3.8, 4) is 11.4 Å². The molecule has 2 aliphatic rings. The number of amides is 1. The van der Waals surface area contributed by atoms with Crippen LogP contribution in [0.5, 0.6) is 0 Å². The van der Waals surface area contributed by atoms with E-state index in [9.17, 15) is 13.2 Å². The summed E-state index contributed by atoms with van der Waals surface area (Å²) in [4.78, 5) is 21.2.